The Balaban J connectivity index is 2.26. The Labute approximate surface area is 139 Å². The van der Waals surface area contributed by atoms with Crippen LogP contribution in [-0.4, -0.2) is 19.2 Å². The minimum atomic E-state index is -0.624. The first kappa shape index (κ1) is 17.3. The minimum absolute atomic E-state index is 0.227. The van der Waals surface area contributed by atoms with Gasteiger partial charge in [-0.2, -0.15) is 0 Å². The summed E-state index contributed by atoms with van der Waals surface area (Å²) in [5, 5.41) is -0.624. The predicted molar refractivity (Wildman–Crippen MR) is 89.2 cm³/mol. The van der Waals surface area contributed by atoms with Gasteiger partial charge in [-0.15, -0.1) is 11.8 Å². The zero-order chi connectivity index (χ0) is 16.8. The van der Waals surface area contributed by atoms with Crippen LogP contribution in [0.5, 0.6) is 5.75 Å². The number of hydrogen-bond acceptors (Lipinski definition) is 4. The lowest BCUT2D eigenvalue weighted by atomic mass is 10.1. The van der Waals surface area contributed by atoms with Crippen molar-refractivity contribution in [3.05, 3.63) is 59.9 Å². The average Bonchev–Trinajstić information content (AvgIpc) is 2.52. The fourth-order valence-electron chi connectivity index (χ4n) is 2.01. The molecule has 0 fully saturated rings. The van der Waals surface area contributed by atoms with Gasteiger partial charge in [-0.25, -0.2) is 4.39 Å². The molecule has 0 aliphatic heterocycles. The molecule has 122 valence electrons. The number of esters is 1. The van der Waals surface area contributed by atoms with Gasteiger partial charge in [-0.3, -0.25) is 4.79 Å². The second-order valence-electron chi connectivity index (χ2n) is 5.21. The highest BCUT2D eigenvalue weighted by Crippen LogP contribution is 2.37. The summed E-state index contributed by atoms with van der Waals surface area (Å²) in [6.07, 6.45) is -0.227. The van der Waals surface area contributed by atoms with E-state index in [1.54, 1.807) is 33.1 Å². The Bertz CT molecular complexity index is 656. The Morgan fingerprint density at radius 2 is 1.83 bits per heavy atom. The number of carbonyl (C=O) groups is 1. The van der Waals surface area contributed by atoms with Crippen molar-refractivity contribution in [2.45, 2.75) is 30.1 Å². The monoisotopic (exact) mass is 334 g/mol. The summed E-state index contributed by atoms with van der Waals surface area (Å²) >= 11 is 1.32. The van der Waals surface area contributed by atoms with Gasteiger partial charge in [0.05, 0.1) is 13.2 Å². The van der Waals surface area contributed by atoms with E-state index in [1.807, 2.05) is 24.3 Å². The topological polar surface area (TPSA) is 35.5 Å². The summed E-state index contributed by atoms with van der Waals surface area (Å²) in [7, 11) is 1.59. The van der Waals surface area contributed by atoms with Crippen LogP contribution >= 0.6 is 11.8 Å². The summed E-state index contributed by atoms with van der Waals surface area (Å²) < 4.78 is 24.0. The molecule has 0 saturated heterocycles. The first-order chi connectivity index (χ1) is 11.0. The lowest BCUT2D eigenvalue weighted by Crippen LogP contribution is -2.17. The zero-order valence-corrected chi connectivity index (χ0v) is 14.1. The van der Waals surface area contributed by atoms with Crippen LogP contribution < -0.4 is 4.74 Å². The second kappa shape index (κ2) is 8.02. The molecule has 0 aromatic heterocycles. The van der Waals surface area contributed by atoms with Gasteiger partial charge in [0.25, 0.3) is 0 Å². The molecule has 1 atom stereocenters. The molecule has 0 N–H and O–H groups in total. The van der Waals surface area contributed by atoms with Crippen LogP contribution in [0, 0.1) is 5.82 Å². The van der Waals surface area contributed by atoms with Gasteiger partial charge >= 0.3 is 5.97 Å². The van der Waals surface area contributed by atoms with Crippen LogP contribution in [0.4, 0.5) is 4.39 Å². The molecular formula is C18H19FO3S. The molecule has 5 heteroatoms. The molecule has 2 rings (SSSR count). The third-order valence-corrected chi connectivity index (χ3v) is 4.28. The van der Waals surface area contributed by atoms with Crippen molar-refractivity contribution < 1.29 is 18.7 Å². The Morgan fingerprint density at radius 3 is 2.39 bits per heavy atom. The van der Waals surface area contributed by atoms with Gasteiger partial charge in [-0.1, -0.05) is 12.1 Å². The maximum Gasteiger partial charge on any atom is 0.324 e. The van der Waals surface area contributed by atoms with E-state index in [2.05, 4.69) is 0 Å². The fraction of sp³-hybridized carbons (Fsp3) is 0.278. The van der Waals surface area contributed by atoms with E-state index in [0.29, 0.717) is 5.56 Å². The molecule has 2 aromatic carbocycles. The minimum Gasteiger partial charge on any atom is -0.497 e. The highest BCUT2D eigenvalue weighted by molar-refractivity contribution is 8.00. The van der Waals surface area contributed by atoms with Crippen LogP contribution in [0.1, 0.15) is 24.7 Å². The normalized spacial score (nSPS) is 12.0. The smallest absolute Gasteiger partial charge is 0.324 e. The third kappa shape index (κ3) is 4.99. The van der Waals surface area contributed by atoms with Crippen molar-refractivity contribution in [3.63, 3.8) is 0 Å². The molecule has 23 heavy (non-hydrogen) atoms. The first-order valence-corrected chi connectivity index (χ1v) is 8.14. The average molecular weight is 334 g/mol. The summed E-state index contributed by atoms with van der Waals surface area (Å²) in [5.74, 6) is -0.0204. The van der Waals surface area contributed by atoms with Crippen molar-refractivity contribution in [2.75, 3.05) is 7.11 Å². The summed E-state index contributed by atoms with van der Waals surface area (Å²) in [4.78, 5) is 13.3. The summed E-state index contributed by atoms with van der Waals surface area (Å²) in [5.41, 5.74) is 0.580. The van der Waals surface area contributed by atoms with Gasteiger partial charge in [0.2, 0.25) is 0 Å². The third-order valence-electron chi connectivity index (χ3n) is 3.03. The van der Waals surface area contributed by atoms with E-state index in [9.17, 15) is 9.18 Å². The lowest BCUT2D eigenvalue weighted by Gasteiger charge is -2.18. The number of benzene rings is 2. The van der Waals surface area contributed by atoms with Crippen LogP contribution in [0.25, 0.3) is 0 Å². The summed E-state index contributed by atoms with van der Waals surface area (Å²) in [6.45, 7) is 3.58. The van der Waals surface area contributed by atoms with E-state index in [1.165, 1.54) is 23.9 Å². The van der Waals surface area contributed by atoms with Crippen molar-refractivity contribution in [3.8, 4) is 5.75 Å². The molecule has 0 aliphatic carbocycles. The maximum atomic E-state index is 13.5. The molecular weight excluding hydrogens is 315 g/mol. The lowest BCUT2D eigenvalue weighted by molar-refractivity contribution is -0.146. The van der Waals surface area contributed by atoms with Gasteiger partial charge in [0.1, 0.15) is 16.8 Å². The molecule has 0 amide bonds. The predicted octanol–water partition coefficient (Wildman–Crippen LogP) is 4.62. The van der Waals surface area contributed by atoms with Crippen LogP contribution in [0.3, 0.4) is 0 Å². The van der Waals surface area contributed by atoms with E-state index in [4.69, 9.17) is 9.47 Å². The maximum absolute atomic E-state index is 13.5. The van der Waals surface area contributed by atoms with Crippen molar-refractivity contribution >= 4 is 17.7 Å². The molecule has 0 spiro atoms. The number of ether oxygens (including phenoxy) is 2. The van der Waals surface area contributed by atoms with Crippen molar-refractivity contribution in [2.24, 2.45) is 0 Å². The molecule has 0 radical (unpaired) electrons. The van der Waals surface area contributed by atoms with Crippen LogP contribution in [-0.2, 0) is 9.53 Å². The highest BCUT2D eigenvalue weighted by atomic mass is 32.2. The van der Waals surface area contributed by atoms with E-state index in [0.717, 1.165) is 10.6 Å². The van der Waals surface area contributed by atoms with Crippen molar-refractivity contribution in [1.29, 1.82) is 0 Å². The first-order valence-electron chi connectivity index (χ1n) is 7.26. The van der Waals surface area contributed by atoms with Crippen LogP contribution in [0.15, 0.2) is 53.4 Å². The second-order valence-corrected chi connectivity index (χ2v) is 6.39. The molecule has 0 heterocycles. The van der Waals surface area contributed by atoms with E-state index in [-0.39, 0.29) is 17.9 Å². The van der Waals surface area contributed by atoms with Crippen molar-refractivity contribution in [1.82, 2.24) is 0 Å². The Kier molecular flexibility index (Phi) is 6.04. The largest absolute Gasteiger partial charge is 0.497 e. The number of thioether (sulfide) groups is 1. The van der Waals surface area contributed by atoms with Gasteiger partial charge in [-0.05, 0) is 55.8 Å². The highest BCUT2D eigenvalue weighted by Gasteiger charge is 2.25. The van der Waals surface area contributed by atoms with Crippen LogP contribution in [0.2, 0.25) is 0 Å². The number of methoxy groups -OCH3 is 1. The van der Waals surface area contributed by atoms with Gasteiger partial charge < -0.3 is 9.47 Å². The number of halogens is 1. The standard InChI is InChI=1S/C18H19FO3S/c1-12(2)22-18(20)17(13-5-4-6-14(19)11-13)23-16-9-7-15(21-3)8-10-16/h4-12,17H,1-3H3. The van der Waals surface area contributed by atoms with Gasteiger partial charge in [0.15, 0.2) is 0 Å². The number of rotatable bonds is 6. The van der Waals surface area contributed by atoms with Gasteiger partial charge in [0, 0.05) is 4.90 Å². The fourth-order valence-corrected chi connectivity index (χ4v) is 3.01. The van der Waals surface area contributed by atoms with E-state index >= 15 is 0 Å². The molecule has 0 bridgehead atoms. The molecule has 2 aromatic rings. The SMILES string of the molecule is COc1ccc(SC(C(=O)OC(C)C)c2cccc(F)c2)cc1. The molecule has 1 unspecified atom stereocenters. The quantitative estimate of drug-likeness (QED) is 0.570. The molecule has 3 nitrogen and oxygen atoms in total. The summed E-state index contributed by atoms with van der Waals surface area (Å²) in [6, 6.07) is 13.4. The molecule has 0 saturated carbocycles. The van der Waals surface area contributed by atoms with E-state index < -0.39 is 5.25 Å². The number of hydrogen-bond donors (Lipinski definition) is 0. The number of carbonyl (C=O) groups excluding carboxylic acids is 1. The Hall–Kier alpha value is -2.01. The zero-order valence-electron chi connectivity index (χ0n) is 13.3. The Morgan fingerprint density at radius 1 is 1.13 bits per heavy atom. The molecule has 0 aliphatic rings.